The van der Waals surface area contributed by atoms with Crippen molar-refractivity contribution >= 4 is 5.91 Å². The molecule has 0 saturated carbocycles. The third-order valence-corrected chi connectivity index (χ3v) is 2.97. The van der Waals surface area contributed by atoms with Gasteiger partial charge in [0.2, 0.25) is 5.91 Å². The van der Waals surface area contributed by atoms with Crippen LogP contribution >= 0.6 is 0 Å². The monoisotopic (exact) mass is 291 g/mol. The summed E-state index contributed by atoms with van der Waals surface area (Å²) in [7, 11) is 0. The third-order valence-electron chi connectivity index (χ3n) is 2.97. The van der Waals surface area contributed by atoms with E-state index >= 15 is 0 Å². The summed E-state index contributed by atoms with van der Waals surface area (Å²) >= 11 is 0. The lowest BCUT2D eigenvalue weighted by Crippen LogP contribution is -2.30. The zero-order valence-electron chi connectivity index (χ0n) is 12.4. The van der Waals surface area contributed by atoms with Gasteiger partial charge >= 0.3 is 0 Å². The van der Waals surface area contributed by atoms with Gasteiger partial charge < -0.3 is 15.1 Å². The van der Waals surface area contributed by atoms with Crippen LogP contribution in [0.2, 0.25) is 0 Å². The van der Waals surface area contributed by atoms with E-state index in [-0.39, 0.29) is 18.5 Å². The van der Waals surface area contributed by atoms with Crippen LogP contribution in [-0.2, 0) is 17.9 Å². The first-order valence-corrected chi connectivity index (χ1v) is 7.11. The number of rotatable bonds is 8. The van der Waals surface area contributed by atoms with Crippen LogP contribution < -0.4 is 10.6 Å². The van der Waals surface area contributed by atoms with Crippen molar-refractivity contribution < 1.29 is 9.21 Å². The average Bonchev–Trinajstić information content (AvgIpc) is 3.10. The zero-order chi connectivity index (χ0) is 15.1. The fourth-order valence-electron chi connectivity index (χ4n) is 1.93. The number of hydrogen-bond acceptors (Lipinski definition) is 5. The second-order valence-electron chi connectivity index (χ2n) is 4.89. The molecular formula is C14H21N5O2. The van der Waals surface area contributed by atoms with E-state index in [2.05, 4.69) is 27.9 Å². The third kappa shape index (κ3) is 4.71. The average molecular weight is 291 g/mol. The first kappa shape index (κ1) is 15.2. The molecule has 21 heavy (non-hydrogen) atoms. The summed E-state index contributed by atoms with van der Waals surface area (Å²) < 4.78 is 6.78. The van der Waals surface area contributed by atoms with Crippen LogP contribution in [0.25, 0.3) is 0 Å². The van der Waals surface area contributed by atoms with Gasteiger partial charge in [0, 0.05) is 6.54 Å². The molecule has 0 aliphatic rings. The molecule has 1 atom stereocenters. The second kappa shape index (κ2) is 7.58. The van der Waals surface area contributed by atoms with Crippen molar-refractivity contribution in [3.8, 4) is 0 Å². The highest BCUT2D eigenvalue weighted by atomic mass is 16.3. The van der Waals surface area contributed by atoms with Gasteiger partial charge in [0.1, 0.15) is 12.3 Å². The van der Waals surface area contributed by atoms with E-state index < -0.39 is 0 Å². The van der Waals surface area contributed by atoms with E-state index in [9.17, 15) is 4.79 Å². The van der Waals surface area contributed by atoms with Crippen LogP contribution in [0.4, 0.5) is 0 Å². The summed E-state index contributed by atoms with van der Waals surface area (Å²) in [6, 6.07) is 3.46. The highest BCUT2D eigenvalue weighted by Gasteiger charge is 2.12. The SMILES string of the molecule is CCCNCc1cn(CC(=O)NC(C)c2ccco2)nn1. The summed E-state index contributed by atoms with van der Waals surface area (Å²) in [5, 5.41) is 14.1. The minimum atomic E-state index is -0.165. The van der Waals surface area contributed by atoms with E-state index in [1.54, 1.807) is 18.5 Å². The molecule has 0 aliphatic heterocycles. The highest BCUT2D eigenvalue weighted by molar-refractivity contribution is 5.76. The molecule has 114 valence electrons. The summed E-state index contributed by atoms with van der Waals surface area (Å²) in [4.78, 5) is 11.9. The zero-order valence-corrected chi connectivity index (χ0v) is 12.4. The van der Waals surface area contributed by atoms with E-state index in [0.717, 1.165) is 24.4 Å². The first-order chi connectivity index (χ1) is 10.2. The number of carbonyl (C=O) groups excluding carboxylic acids is 1. The molecule has 0 spiro atoms. The number of amides is 1. The van der Waals surface area contributed by atoms with Crippen LogP contribution in [-0.4, -0.2) is 27.4 Å². The highest BCUT2D eigenvalue weighted by Crippen LogP contribution is 2.11. The lowest BCUT2D eigenvalue weighted by molar-refractivity contribution is -0.122. The molecule has 0 aromatic carbocycles. The molecular weight excluding hydrogens is 270 g/mol. The Morgan fingerprint density at radius 1 is 1.52 bits per heavy atom. The molecule has 2 N–H and O–H groups in total. The Morgan fingerprint density at radius 3 is 3.10 bits per heavy atom. The van der Waals surface area contributed by atoms with E-state index in [1.165, 1.54) is 4.68 Å². The number of aromatic nitrogens is 3. The van der Waals surface area contributed by atoms with Gasteiger partial charge in [-0.15, -0.1) is 5.10 Å². The summed E-state index contributed by atoms with van der Waals surface area (Å²) in [5.74, 6) is 0.600. The van der Waals surface area contributed by atoms with E-state index in [0.29, 0.717) is 6.54 Å². The van der Waals surface area contributed by atoms with Crippen molar-refractivity contribution in [2.75, 3.05) is 6.54 Å². The van der Waals surface area contributed by atoms with Gasteiger partial charge in [0.05, 0.1) is 24.2 Å². The molecule has 0 aliphatic carbocycles. The smallest absolute Gasteiger partial charge is 0.242 e. The van der Waals surface area contributed by atoms with E-state index in [4.69, 9.17) is 4.42 Å². The molecule has 0 bridgehead atoms. The Bertz CT molecular complexity index is 549. The predicted octanol–water partition coefficient (Wildman–Crippen LogP) is 1.25. The lowest BCUT2D eigenvalue weighted by atomic mass is 10.2. The first-order valence-electron chi connectivity index (χ1n) is 7.11. The fraction of sp³-hybridized carbons (Fsp3) is 0.500. The maximum absolute atomic E-state index is 11.9. The van der Waals surface area contributed by atoms with Crippen molar-refractivity contribution in [1.29, 1.82) is 0 Å². The second-order valence-corrected chi connectivity index (χ2v) is 4.89. The minimum absolute atomic E-state index is 0.128. The quantitative estimate of drug-likeness (QED) is 0.715. The van der Waals surface area contributed by atoms with Gasteiger partial charge in [-0.1, -0.05) is 12.1 Å². The number of furan rings is 1. The standard InChI is InChI=1S/C14H21N5O2/c1-3-6-15-8-12-9-19(18-17-12)10-14(20)16-11(2)13-5-4-7-21-13/h4-5,7,9,11,15H,3,6,8,10H2,1-2H3,(H,16,20). The van der Waals surface area contributed by atoms with Gasteiger partial charge in [-0.25, -0.2) is 4.68 Å². The van der Waals surface area contributed by atoms with Crippen molar-refractivity contribution in [3.63, 3.8) is 0 Å². The number of carbonyl (C=O) groups is 1. The minimum Gasteiger partial charge on any atom is -0.467 e. The van der Waals surface area contributed by atoms with Crippen molar-refractivity contribution in [1.82, 2.24) is 25.6 Å². The van der Waals surface area contributed by atoms with Crippen molar-refractivity contribution in [2.24, 2.45) is 0 Å². The van der Waals surface area contributed by atoms with Gasteiger partial charge in [-0.3, -0.25) is 4.79 Å². The molecule has 2 rings (SSSR count). The van der Waals surface area contributed by atoms with Crippen LogP contribution in [0.5, 0.6) is 0 Å². The molecule has 2 aromatic heterocycles. The molecule has 1 unspecified atom stereocenters. The Hall–Kier alpha value is -2.15. The number of nitrogens with one attached hydrogen (secondary N) is 2. The van der Waals surface area contributed by atoms with E-state index in [1.807, 2.05) is 13.0 Å². The predicted molar refractivity (Wildman–Crippen MR) is 77.3 cm³/mol. The Kier molecular flexibility index (Phi) is 5.51. The molecule has 0 saturated heterocycles. The number of nitrogens with zero attached hydrogens (tertiary/aromatic N) is 3. The van der Waals surface area contributed by atoms with Gasteiger partial charge in [0.15, 0.2) is 0 Å². The largest absolute Gasteiger partial charge is 0.467 e. The van der Waals surface area contributed by atoms with Crippen LogP contribution in [0, 0.1) is 0 Å². The molecule has 0 radical (unpaired) electrons. The maximum atomic E-state index is 11.9. The summed E-state index contributed by atoms with van der Waals surface area (Å²) in [6.45, 7) is 5.73. The topological polar surface area (TPSA) is 85.0 Å². The van der Waals surface area contributed by atoms with Gasteiger partial charge in [0.25, 0.3) is 0 Å². The Morgan fingerprint density at radius 2 is 2.38 bits per heavy atom. The van der Waals surface area contributed by atoms with Crippen LogP contribution in [0.1, 0.15) is 37.8 Å². The molecule has 7 heteroatoms. The molecule has 2 aromatic rings. The van der Waals surface area contributed by atoms with Crippen LogP contribution in [0.3, 0.4) is 0 Å². The lowest BCUT2D eigenvalue weighted by Gasteiger charge is -2.10. The molecule has 1 amide bonds. The van der Waals surface area contributed by atoms with Crippen LogP contribution in [0.15, 0.2) is 29.0 Å². The molecule has 7 nitrogen and oxygen atoms in total. The Balaban J connectivity index is 1.80. The van der Waals surface area contributed by atoms with Gasteiger partial charge in [-0.05, 0) is 32.0 Å². The van der Waals surface area contributed by atoms with Crippen molar-refractivity contribution in [3.05, 3.63) is 36.0 Å². The summed E-state index contributed by atoms with van der Waals surface area (Å²) in [6.07, 6.45) is 4.44. The normalized spacial score (nSPS) is 12.3. The number of hydrogen-bond donors (Lipinski definition) is 2. The Labute approximate surface area is 123 Å². The summed E-state index contributed by atoms with van der Waals surface area (Å²) in [5.41, 5.74) is 0.829. The van der Waals surface area contributed by atoms with Gasteiger partial charge in [-0.2, -0.15) is 0 Å². The van der Waals surface area contributed by atoms with Crippen molar-refractivity contribution in [2.45, 2.75) is 39.4 Å². The molecule has 0 fully saturated rings. The fourth-order valence-corrected chi connectivity index (χ4v) is 1.93. The maximum Gasteiger partial charge on any atom is 0.242 e. The molecule has 2 heterocycles.